The third-order valence-electron chi connectivity index (χ3n) is 2.52. The average Bonchev–Trinajstić information content (AvgIpc) is 2.73. The SMILES string of the molecule is CCOC(=O)CN(CC(C)C)C(=O)Cn1ccc(N)n1. The first-order valence-corrected chi connectivity index (χ1v) is 6.64. The first-order chi connectivity index (χ1) is 9.42. The third kappa shape index (κ3) is 5.29. The van der Waals surface area contributed by atoms with Gasteiger partial charge in [0.25, 0.3) is 0 Å². The Labute approximate surface area is 118 Å². The zero-order chi connectivity index (χ0) is 15.1. The normalized spacial score (nSPS) is 10.6. The van der Waals surface area contributed by atoms with Crippen LogP contribution >= 0.6 is 0 Å². The maximum absolute atomic E-state index is 12.2. The van der Waals surface area contributed by atoms with Crippen molar-refractivity contribution in [3.63, 3.8) is 0 Å². The number of ether oxygens (including phenoxy) is 1. The van der Waals surface area contributed by atoms with Crippen molar-refractivity contribution in [2.75, 3.05) is 25.4 Å². The van der Waals surface area contributed by atoms with E-state index >= 15 is 0 Å². The van der Waals surface area contributed by atoms with Gasteiger partial charge in [0, 0.05) is 12.7 Å². The first-order valence-electron chi connectivity index (χ1n) is 6.64. The Morgan fingerprint density at radius 2 is 2.20 bits per heavy atom. The van der Waals surface area contributed by atoms with Crippen molar-refractivity contribution >= 4 is 17.7 Å². The fourth-order valence-corrected chi connectivity index (χ4v) is 1.76. The number of amides is 1. The molecule has 0 atom stereocenters. The maximum atomic E-state index is 12.2. The van der Waals surface area contributed by atoms with Crippen LogP contribution in [0.1, 0.15) is 20.8 Å². The summed E-state index contributed by atoms with van der Waals surface area (Å²) in [4.78, 5) is 25.2. The summed E-state index contributed by atoms with van der Waals surface area (Å²) in [5.74, 6) is 0.0333. The second-order valence-corrected chi connectivity index (χ2v) is 4.91. The van der Waals surface area contributed by atoms with Gasteiger partial charge in [0.15, 0.2) is 0 Å². The first kappa shape index (κ1) is 16.0. The van der Waals surface area contributed by atoms with E-state index in [-0.39, 0.29) is 24.9 Å². The highest BCUT2D eigenvalue weighted by Crippen LogP contribution is 2.03. The number of hydrogen-bond acceptors (Lipinski definition) is 5. The van der Waals surface area contributed by atoms with Gasteiger partial charge in [-0.3, -0.25) is 14.3 Å². The summed E-state index contributed by atoms with van der Waals surface area (Å²) in [7, 11) is 0. The van der Waals surface area contributed by atoms with Gasteiger partial charge in [0.2, 0.25) is 5.91 Å². The molecule has 0 aliphatic heterocycles. The number of carbonyl (C=O) groups excluding carboxylic acids is 2. The smallest absolute Gasteiger partial charge is 0.325 e. The molecule has 0 spiro atoms. The van der Waals surface area contributed by atoms with Gasteiger partial charge in [0.1, 0.15) is 18.9 Å². The quantitative estimate of drug-likeness (QED) is 0.736. The zero-order valence-electron chi connectivity index (χ0n) is 12.2. The van der Waals surface area contributed by atoms with E-state index in [2.05, 4.69) is 5.10 Å². The van der Waals surface area contributed by atoms with Crippen molar-refractivity contribution < 1.29 is 14.3 Å². The van der Waals surface area contributed by atoms with Gasteiger partial charge in [-0.25, -0.2) is 0 Å². The molecule has 0 fully saturated rings. The summed E-state index contributed by atoms with van der Waals surface area (Å²) in [6, 6.07) is 1.62. The molecule has 1 heterocycles. The Hall–Kier alpha value is -2.05. The van der Waals surface area contributed by atoms with Crippen LogP contribution < -0.4 is 5.73 Å². The van der Waals surface area contributed by atoms with Crippen molar-refractivity contribution in [1.29, 1.82) is 0 Å². The van der Waals surface area contributed by atoms with Crippen LogP contribution in [0.2, 0.25) is 0 Å². The summed E-state index contributed by atoms with van der Waals surface area (Å²) >= 11 is 0. The van der Waals surface area contributed by atoms with Gasteiger partial charge in [-0.1, -0.05) is 13.8 Å². The lowest BCUT2D eigenvalue weighted by atomic mass is 10.2. The van der Waals surface area contributed by atoms with E-state index in [1.54, 1.807) is 19.2 Å². The number of esters is 1. The van der Waals surface area contributed by atoms with Crippen molar-refractivity contribution in [1.82, 2.24) is 14.7 Å². The monoisotopic (exact) mass is 282 g/mol. The maximum Gasteiger partial charge on any atom is 0.325 e. The summed E-state index contributed by atoms with van der Waals surface area (Å²) in [6.45, 7) is 6.52. The minimum Gasteiger partial charge on any atom is -0.465 e. The highest BCUT2D eigenvalue weighted by molar-refractivity contribution is 5.81. The third-order valence-corrected chi connectivity index (χ3v) is 2.52. The van der Waals surface area contributed by atoms with Crippen LogP contribution in [0.25, 0.3) is 0 Å². The Morgan fingerprint density at radius 1 is 1.50 bits per heavy atom. The van der Waals surface area contributed by atoms with E-state index < -0.39 is 5.97 Å². The lowest BCUT2D eigenvalue weighted by Crippen LogP contribution is -2.40. The van der Waals surface area contributed by atoms with Crippen molar-refractivity contribution in [2.45, 2.75) is 27.3 Å². The molecule has 7 heteroatoms. The van der Waals surface area contributed by atoms with E-state index in [0.29, 0.717) is 19.0 Å². The Morgan fingerprint density at radius 3 is 2.70 bits per heavy atom. The number of rotatable bonds is 7. The number of aromatic nitrogens is 2. The predicted molar refractivity (Wildman–Crippen MR) is 74.7 cm³/mol. The molecule has 1 amide bonds. The number of nitrogens with two attached hydrogens (primary N) is 1. The van der Waals surface area contributed by atoms with Crippen molar-refractivity contribution in [3.05, 3.63) is 12.3 Å². The number of nitrogen functional groups attached to an aromatic ring is 1. The van der Waals surface area contributed by atoms with Crippen LogP contribution in [-0.4, -0.2) is 46.3 Å². The average molecular weight is 282 g/mol. The molecule has 1 aromatic heterocycles. The predicted octanol–water partition coefficient (Wildman–Crippen LogP) is 0.513. The van der Waals surface area contributed by atoms with E-state index in [4.69, 9.17) is 10.5 Å². The van der Waals surface area contributed by atoms with Gasteiger partial charge in [-0.15, -0.1) is 0 Å². The molecule has 20 heavy (non-hydrogen) atoms. The fourth-order valence-electron chi connectivity index (χ4n) is 1.76. The minimum atomic E-state index is -0.401. The second-order valence-electron chi connectivity index (χ2n) is 4.91. The van der Waals surface area contributed by atoms with Crippen LogP contribution in [0.4, 0.5) is 5.82 Å². The van der Waals surface area contributed by atoms with Gasteiger partial charge in [0.05, 0.1) is 6.61 Å². The lowest BCUT2D eigenvalue weighted by molar-refractivity contribution is -0.149. The second kappa shape index (κ2) is 7.52. The molecule has 0 radical (unpaired) electrons. The van der Waals surface area contributed by atoms with E-state index in [1.807, 2.05) is 13.8 Å². The fraction of sp³-hybridized carbons (Fsp3) is 0.615. The molecule has 2 N–H and O–H groups in total. The number of hydrogen-bond donors (Lipinski definition) is 1. The summed E-state index contributed by atoms with van der Waals surface area (Å²) in [5.41, 5.74) is 5.50. The van der Waals surface area contributed by atoms with Crippen LogP contribution in [0.5, 0.6) is 0 Å². The standard InChI is InChI=1S/C13H22N4O3/c1-4-20-13(19)9-16(7-10(2)3)12(18)8-17-6-5-11(14)15-17/h5-6,10H,4,7-9H2,1-3H3,(H2,14,15). The van der Waals surface area contributed by atoms with Crippen LogP contribution in [-0.2, 0) is 20.9 Å². The van der Waals surface area contributed by atoms with Crippen LogP contribution in [0, 0.1) is 5.92 Å². The Bertz CT molecular complexity index is 456. The summed E-state index contributed by atoms with van der Waals surface area (Å²) in [5, 5.41) is 3.96. The highest BCUT2D eigenvalue weighted by atomic mass is 16.5. The van der Waals surface area contributed by atoms with Gasteiger partial charge < -0.3 is 15.4 Å². The highest BCUT2D eigenvalue weighted by Gasteiger charge is 2.19. The molecule has 0 saturated carbocycles. The molecule has 0 unspecified atom stereocenters. The van der Waals surface area contributed by atoms with Gasteiger partial charge in [-0.05, 0) is 18.9 Å². The number of nitrogens with zero attached hydrogens (tertiary/aromatic N) is 3. The van der Waals surface area contributed by atoms with Crippen molar-refractivity contribution in [3.8, 4) is 0 Å². The van der Waals surface area contributed by atoms with E-state index in [1.165, 1.54) is 9.58 Å². The van der Waals surface area contributed by atoms with Crippen LogP contribution in [0.15, 0.2) is 12.3 Å². The molecule has 1 rings (SSSR count). The largest absolute Gasteiger partial charge is 0.465 e. The van der Waals surface area contributed by atoms with Crippen LogP contribution in [0.3, 0.4) is 0 Å². The molecule has 1 aromatic rings. The molecule has 112 valence electrons. The number of carbonyl (C=O) groups is 2. The Kier molecular flexibility index (Phi) is 6.02. The molecule has 7 nitrogen and oxygen atoms in total. The Balaban J connectivity index is 2.66. The number of anilines is 1. The zero-order valence-corrected chi connectivity index (χ0v) is 12.2. The molecule has 0 aliphatic rings. The minimum absolute atomic E-state index is 0.0401. The molecular formula is C13H22N4O3. The molecular weight excluding hydrogens is 260 g/mol. The molecule has 0 bridgehead atoms. The molecule has 0 saturated heterocycles. The molecule has 0 aromatic carbocycles. The topological polar surface area (TPSA) is 90.5 Å². The lowest BCUT2D eigenvalue weighted by Gasteiger charge is -2.23. The van der Waals surface area contributed by atoms with Crippen molar-refractivity contribution in [2.24, 2.45) is 5.92 Å². The van der Waals surface area contributed by atoms with E-state index in [0.717, 1.165) is 0 Å². The molecule has 0 aliphatic carbocycles. The summed E-state index contributed by atoms with van der Waals surface area (Å²) in [6.07, 6.45) is 1.63. The van der Waals surface area contributed by atoms with E-state index in [9.17, 15) is 9.59 Å². The summed E-state index contributed by atoms with van der Waals surface area (Å²) < 4.78 is 6.34. The van der Waals surface area contributed by atoms with Gasteiger partial charge >= 0.3 is 5.97 Å². The van der Waals surface area contributed by atoms with Gasteiger partial charge in [-0.2, -0.15) is 5.10 Å².